The van der Waals surface area contributed by atoms with E-state index in [-0.39, 0.29) is 28.9 Å². The number of sulfonamides is 1. The minimum Gasteiger partial charge on any atom is -0.512 e. The minimum atomic E-state index is -3.82. The van der Waals surface area contributed by atoms with Gasteiger partial charge in [-0.1, -0.05) is 25.1 Å². The number of nitrogens with zero attached hydrogens (tertiary/aromatic N) is 1. The molecule has 0 fully saturated rings. The lowest BCUT2D eigenvalue weighted by atomic mass is 9.89. The number of pyridine rings is 1. The maximum atomic E-state index is 12.4. The molecule has 0 saturated carbocycles. The van der Waals surface area contributed by atoms with Crippen molar-refractivity contribution in [2.24, 2.45) is 0 Å². The molecule has 2 N–H and O–H groups in total. The fraction of sp³-hybridized carbons (Fsp3) is 0.263. The molecule has 0 spiro atoms. The fourth-order valence-corrected chi connectivity index (χ4v) is 3.97. The Morgan fingerprint density at radius 2 is 2.04 bits per heavy atom. The monoisotopic (exact) mass is 388 g/mol. The van der Waals surface area contributed by atoms with Gasteiger partial charge in [0, 0.05) is 24.2 Å². The maximum absolute atomic E-state index is 12.4. The number of hydrogen-bond donors (Lipinski definition) is 2. The van der Waals surface area contributed by atoms with E-state index in [0.29, 0.717) is 11.3 Å². The second-order valence-electron chi connectivity index (χ2n) is 6.40. The highest BCUT2D eigenvalue weighted by Gasteiger charge is 2.31. The first-order chi connectivity index (χ1) is 12.8. The largest absolute Gasteiger partial charge is 0.512 e. The zero-order valence-corrected chi connectivity index (χ0v) is 15.7. The normalized spacial score (nSPS) is 18.7. The molecule has 1 aliphatic heterocycles. The van der Waals surface area contributed by atoms with Gasteiger partial charge in [-0.05, 0) is 36.8 Å². The molecule has 7 nitrogen and oxygen atoms in total. The van der Waals surface area contributed by atoms with Gasteiger partial charge in [0.05, 0.1) is 5.57 Å². The van der Waals surface area contributed by atoms with Gasteiger partial charge in [0.2, 0.25) is 0 Å². The summed E-state index contributed by atoms with van der Waals surface area (Å²) in [5.74, 6) is -1.01. The number of anilines is 1. The number of esters is 1. The van der Waals surface area contributed by atoms with Crippen molar-refractivity contribution in [1.29, 1.82) is 0 Å². The Morgan fingerprint density at radius 3 is 2.70 bits per heavy atom. The summed E-state index contributed by atoms with van der Waals surface area (Å²) < 4.78 is 32.5. The predicted molar refractivity (Wildman–Crippen MR) is 99.7 cm³/mol. The van der Waals surface area contributed by atoms with E-state index >= 15 is 0 Å². The van der Waals surface area contributed by atoms with Crippen molar-refractivity contribution in [1.82, 2.24) is 4.98 Å². The maximum Gasteiger partial charge on any atom is 0.338 e. The van der Waals surface area contributed by atoms with Gasteiger partial charge in [-0.3, -0.25) is 4.72 Å². The molecule has 2 heterocycles. The fourth-order valence-electron chi connectivity index (χ4n) is 2.97. The second kappa shape index (κ2) is 7.40. The number of hydrogen-bond acceptors (Lipinski definition) is 6. The molecule has 142 valence electrons. The van der Waals surface area contributed by atoms with Crippen molar-refractivity contribution in [3.8, 4) is 0 Å². The Kier molecular flexibility index (Phi) is 5.18. The van der Waals surface area contributed by atoms with Crippen LogP contribution in [0.5, 0.6) is 0 Å². The molecule has 2 atom stereocenters. The zero-order valence-electron chi connectivity index (χ0n) is 14.9. The third-order valence-corrected chi connectivity index (χ3v) is 5.60. The standard InChI is InChI=1S/C19H20N2O5S/c1-12-10-16(22)18(19(23)26-12)13(2)14-6-5-7-15(11-14)21-27(24,25)17-8-3-4-9-20-17/h3-9,11-13,21-22H,10H2,1-2H3. The number of nitrogens with one attached hydrogen (secondary N) is 1. The number of aliphatic hydroxyl groups excluding tert-OH is 1. The van der Waals surface area contributed by atoms with Crippen molar-refractivity contribution in [3.63, 3.8) is 0 Å². The van der Waals surface area contributed by atoms with E-state index in [1.165, 1.54) is 12.3 Å². The van der Waals surface area contributed by atoms with Crippen LogP contribution in [0.25, 0.3) is 0 Å². The highest BCUT2D eigenvalue weighted by Crippen LogP contribution is 2.33. The van der Waals surface area contributed by atoms with Crippen molar-refractivity contribution >= 4 is 21.7 Å². The van der Waals surface area contributed by atoms with Crippen LogP contribution >= 0.6 is 0 Å². The van der Waals surface area contributed by atoms with Crippen LogP contribution in [-0.4, -0.2) is 30.6 Å². The first kappa shape index (κ1) is 18.9. The molecule has 0 radical (unpaired) electrons. The van der Waals surface area contributed by atoms with Gasteiger partial charge < -0.3 is 9.84 Å². The van der Waals surface area contributed by atoms with E-state index < -0.39 is 21.9 Å². The molecule has 0 bridgehead atoms. The molecule has 1 aliphatic rings. The number of rotatable bonds is 5. The molecular weight excluding hydrogens is 368 g/mol. The van der Waals surface area contributed by atoms with E-state index in [4.69, 9.17) is 4.74 Å². The van der Waals surface area contributed by atoms with E-state index in [2.05, 4.69) is 9.71 Å². The van der Waals surface area contributed by atoms with Gasteiger partial charge in [0.25, 0.3) is 10.0 Å². The third-order valence-electron chi connectivity index (χ3n) is 4.30. The Balaban J connectivity index is 1.88. The quantitative estimate of drug-likeness (QED) is 0.763. The molecule has 0 aliphatic carbocycles. The van der Waals surface area contributed by atoms with Crippen LogP contribution in [0.4, 0.5) is 5.69 Å². The highest BCUT2D eigenvalue weighted by molar-refractivity contribution is 7.92. The Hall–Kier alpha value is -2.87. The topological polar surface area (TPSA) is 106 Å². The number of carbonyl (C=O) groups excluding carboxylic acids is 1. The van der Waals surface area contributed by atoms with Crippen molar-refractivity contribution in [2.45, 2.75) is 37.3 Å². The van der Waals surface area contributed by atoms with Crippen LogP contribution in [0.3, 0.4) is 0 Å². The molecule has 1 aromatic carbocycles. The smallest absolute Gasteiger partial charge is 0.338 e. The molecule has 2 aromatic rings. The summed E-state index contributed by atoms with van der Waals surface area (Å²) in [5.41, 5.74) is 1.20. The number of benzene rings is 1. The summed E-state index contributed by atoms with van der Waals surface area (Å²) in [4.78, 5) is 16.0. The van der Waals surface area contributed by atoms with Crippen LogP contribution in [0.2, 0.25) is 0 Å². The average molecular weight is 388 g/mol. The van der Waals surface area contributed by atoms with Gasteiger partial charge in [0.15, 0.2) is 5.03 Å². The summed E-state index contributed by atoms with van der Waals surface area (Å²) in [6, 6.07) is 11.3. The summed E-state index contributed by atoms with van der Waals surface area (Å²) in [6.45, 7) is 3.47. The van der Waals surface area contributed by atoms with Crippen molar-refractivity contribution < 1.29 is 23.1 Å². The van der Waals surface area contributed by atoms with Gasteiger partial charge in [-0.2, -0.15) is 8.42 Å². The zero-order chi connectivity index (χ0) is 19.6. The summed E-state index contributed by atoms with van der Waals surface area (Å²) in [5, 5.41) is 10.1. The minimum absolute atomic E-state index is 0.00530. The molecule has 3 rings (SSSR count). The lowest BCUT2D eigenvalue weighted by Crippen LogP contribution is -2.26. The first-order valence-electron chi connectivity index (χ1n) is 8.44. The van der Waals surface area contributed by atoms with Crippen molar-refractivity contribution in [2.75, 3.05) is 4.72 Å². The lowest BCUT2D eigenvalue weighted by Gasteiger charge is -2.25. The Labute approximate surface area is 157 Å². The summed E-state index contributed by atoms with van der Waals surface area (Å²) in [6.07, 6.45) is 1.29. The average Bonchev–Trinajstić information content (AvgIpc) is 2.61. The van der Waals surface area contributed by atoms with Gasteiger partial charge in [0.1, 0.15) is 11.9 Å². The Bertz CT molecular complexity index is 986. The molecule has 1 aromatic heterocycles. The van der Waals surface area contributed by atoms with Crippen molar-refractivity contribution in [3.05, 3.63) is 65.6 Å². The van der Waals surface area contributed by atoms with Crippen LogP contribution in [0, 0.1) is 0 Å². The molecule has 0 amide bonds. The van der Waals surface area contributed by atoms with Crippen LogP contribution < -0.4 is 4.72 Å². The molecular formula is C19H20N2O5S. The number of carbonyl (C=O) groups is 1. The van der Waals surface area contributed by atoms with Gasteiger partial charge in [-0.25, -0.2) is 9.78 Å². The SMILES string of the molecule is CC1CC(O)=C(C(C)c2cccc(NS(=O)(=O)c3ccccn3)c2)C(=O)O1. The molecule has 27 heavy (non-hydrogen) atoms. The van der Waals surface area contributed by atoms with Crippen LogP contribution in [0.15, 0.2) is 65.0 Å². The lowest BCUT2D eigenvalue weighted by molar-refractivity contribution is -0.146. The second-order valence-corrected chi connectivity index (χ2v) is 8.03. The molecule has 0 saturated heterocycles. The number of aromatic nitrogens is 1. The number of aliphatic hydroxyl groups is 1. The predicted octanol–water partition coefficient (Wildman–Crippen LogP) is 3.13. The van der Waals surface area contributed by atoms with Gasteiger partial charge in [-0.15, -0.1) is 0 Å². The summed E-state index contributed by atoms with van der Waals surface area (Å²) in [7, 11) is -3.82. The molecule has 2 unspecified atom stereocenters. The third kappa shape index (κ3) is 4.11. The van der Waals surface area contributed by atoms with Gasteiger partial charge >= 0.3 is 5.97 Å². The van der Waals surface area contributed by atoms with E-state index in [1.807, 2.05) is 0 Å². The number of cyclic esters (lactones) is 1. The molecule has 8 heteroatoms. The van der Waals surface area contributed by atoms with E-state index in [1.54, 1.807) is 50.2 Å². The number of ether oxygens (including phenoxy) is 1. The van der Waals surface area contributed by atoms with E-state index in [0.717, 1.165) is 0 Å². The Morgan fingerprint density at radius 1 is 1.26 bits per heavy atom. The highest BCUT2D eigenvalue weighted by atomic mass is 32.2. The van der Waals surface area contributed by atoms with Crippen LogP contribution in [-0.2, 0) is 19.6 Å². The summed E-state index contributed by atoms with van der Waals surface area (Å²) >= 11 is 0. The van der Waals surface area contributed by atoms with Crippen LogP contribution in [0.1, 0.15) is 31.7 Å². The first-order valence-corrected chi connectivity index (χ1v) is 9.93. The van der Waals surface area contributed by atoms with E-state index in [9.17, 15) is 18.3 Å².